The third-order valence-electron chi connectivity index (χ3n) is 9.53. The average Bonchev–Trinajstić information content (AvgIpc) is 2.98. The predicted molar refractivity (Wildman–Crippen MR) is 121 cm³/mol. The molecule has 30 heavy (non-hydrogen) atoms. The molecule has 3 saturated carbocycles. The number of hydrogen-bond donors (Lipinski definition) is 0. The molecular weight excluding hydrogens is 368 g/mol. The number of rotatable bonds is 1. The molecule has 0 aromatic rings. The molecule has 0 N–H and O–H groups in total. The number of hydrogen-bond acceptors (Lipinski definition) is 2. The molecule has 6 unspecified atom stereocenters. The third-order valence-corrected chi connectivity index (χ3v) is 9.53. The van der Waals surface area contributed by atoms with Gasteiger partial charge < -0.3 is 0 Å². The SMILES string of the molecule is CC12CCC3C(CC=C4CC(=O)/C(=C/C5C=CC=CCC5)CC43C)C1CCCC2=O. The molecule has 6 atom stereocenters. The smallest absolute Gasteiger partial charge is 0.162 e. The lowest BCUT2D eigenvalue weighted by molar-refractivity contribution is -0.144. The molecule has 0 aliphatic heterocycles. The molecule has 5 aliphatic carbocycles. The third kappa shape index (κ3) is 3.13. The molecule has 2 nitrogen and oxygen atoms in total. The van der Waals surface area contributed by atoms with Crippen molar-refractivity contribution in [2.75, 3.05) is 0 Å². The van der Waals surface area contributed by atoms with Crippen LogP contribution in [0.1, 0.15) is 78.1 Å². The number of ketones is 2. The zero-order valence-electron chi connectivity index (χ0n) is 18.7. The van der Waals surface area contributed by atoms with Crippen molar-refractivity contribution in [3.63, 3.8) is 0 Å². The Morgan fingerprint density at radius 3 is 2.73 bits per heavy atom. The molecule has 5 rings (SSSR count). The van der Waals surface area contributed by atoms with E-state index < -0.39 is 0 Å². The molecule has 0 spiro atoms. The molecule has 3 fully saturated rings. The summed E-state index contributed by atoms with van der Waals surface area (Å²) < 4.78 is 0. The van der Waals surface area contributed by atoms with Gasteiger partial charge in [0.15, 0.2) is 5.78 Å². The van der Waals surface area contributed by atoms with E-state index >= 15 is 0 Å². The Hall–Kier alpha value is -1.70. The fraction of sp³-hybridized carbons (Fsp3) is 0.643. The number of carbonyl (C=O) groups is 2. The van der Waals surface area contributed by atoms with Crippen LogP contribution in [0.15, 0.2) is 47.6 Å². The number of carbonyl (C=O) groups excluding carboxylic acids is 2. The van der Waals surface area contributed by atoms with Crippen LogP contribution in [0.3, 0.4) is 0 Å². The molecule has 0 aromatic heterocycles. The van der Waals surface area contributed by atoms with Crippen molar-refractivity contribution < 1.29 is 9.59 Å². The number of fused-ring (bicyclic) bond motifs is 5. The Morgan fingerprint density at radius 1 is 1.03 bits per heavy atom. The lowest BCUT2D eigenvalue weighted by atomic mass is 9.45. The van der Waals surface area contributed by atoms with Crippen LogP contribution in [0, 0.1) is 34.5 Å². The summed E-state index contributed by atoms with van der Waals surface area (Å²) in [7, 11) is 0. The van der Waals surface area contributed by atoms with E-state index in [1.165, 1.54) is 12.0 Å². The van der Waals surface area contributed by atoms with Crippen LogP contribution in [0.2, 0.25) is 0 Å². The van der Waals surface area contributed by atoms with E-state index in [2.05, 4.69) is 50.3 Å². The highest BCUT2D eigenvalue weighted by atomic mass is 16.1. The normalized spacial score (nSPS) is 44.7. The zero-order valence-corrected chi connectivity index (χ0v) is 18.7. The summed E-state index contributed by atoms with van der Waals surface area (Å²) in [5, 5.41) is 0. The van der Waals surface area contributed by atoms with Crippen LogP contribution in [0.25, 0.3) is 0 Å². The predicted octanol–water partition coefficient (Wildman–Crippen LogP) is 6.54. The van der Waals surface area contributed by atoms with Crippen molar-refractivity contribution in [1.82, 2.24) is 0 Å². The van der Waals surface area contributed by atoms with E-state index in [0.29, 0.717) is 41.7 Å². The van der Waals surface area contributed by atoms with Gasteiger partial charge in [-0.1, -0.05) is 55.9 Å². The standard InChI is InChI=1S/C28H36O2/c1-27-15-14-24-22(23(27)10-7-11-26(27)30)13-12-21-17-25(29)20(18-28(21,24)2)16-19-8-5-3-4-6-9-19/h3-5,8,12,16,19,22-24H,6-7,9-11,13-15,17-18H2,1-2H3/b20-16+. The molecule has 2 heteroatoms. The van der Waals surface area contributed by atoms with Gasteiger partial charge in [0.1, 0.15) is 5.78 Å². The second-order valence-corrected chi connectivity index (χ2v) is 11.1. The van der Waals surface area contributed by atoms with Gasteiger partial charge in [-0.2, -0.15) is 0 Å². The van der Waals surface area contributed by atoms with Gasteiger partial charge in [-0.25, -0.2) is 0 Å². The molecule has 0 radical (unpaired) electrons. The summed E-state index contributed by atoms with van der Waals surface area (Å²) >= 11 is 0. The Balaban J connectivity index is 1.45. The minimum Gasteiger partial charge on any atom is -0.299 e. The van der Waals surface area contributed by atoms with E-state index in [-0.39, 0.29) is 10.8 Å². The summed E-state index contributed by atoms with van der Waals surface area (Å²) in [5.41, 5.74) is 2.47. The van der Waals surface area contributed by atoms with Gasteiger partial charge >= 0.3 is 0 Å². The van der Waals surface area contributed by atoms with Crippen LogP contribution in [0.4, 0.5) is 0 Å². The quantitative estimate of drug-likeness (QED) is 0.367. The fourth-order valence-corrected chi connectivity index (χ4v) is 7.74. The van der Waals surface area contributed by atoms with Gasteiger partial charge in [-0.15, -0.1) is 0 Å². The molecule has 0 amide bonds. The van der Waals surface area contributed by atoms with E-state index in [1.54, 1.807) is 0 Å². The lowest BCUT2D eigenvalue weighted by Gasteiger charge is -2.59. The fourth-order valence-electron chi connectivity index (χ4n) is 7.74. The first-order valence-electron chi connectivity index (χ1n) is 12.2. The zero-order chi connectivity index (χ0) is 20.9. The van der Waals surface area contributed by atoms with Crippen molar-refractivity contribution >= 4 is 11.6 Å². The Labute approximate surface area is 181 Å². The molecule has 0 aromatic carbocycles. The number of Topliss-reactive ketones (excluding diaryl/α,β-unsaturated/α-hetero) is 2. The maximum atomic E-state index is 13.0. The van der Waals surface area contributed by atoms with Crippen molar-refractivity contribution in [2.24, 2.45) is 34.5 Å². The van der Waals surface area contributed by atoms with Crippen LogP contribution < -0.4 is 0 Å². The molecule has 5 aliphatic rings. The Kier molecular flexibility index (Phi) is 5.03. The second-order valence-electron chi connectivity index (χ2n) is 11.1. The van der Waals surface area contributed by atoms with Gasteiger partial charge in [0.25, 0.3) is 0 Å². The average molecular weight is 405 g/mol. The van der Waals surface area contributed by atoms with Crippen LogP contribution >= 0.6 is 0 Å². The molecule has 0 bridgehead atoms. The van der Waals surface area contributed by atoms with Crippen LogP contribution in [-0.2, 0) is 9.59 Å². The number of allylic oxidation sites excluding steroid dienone is 8. The maximum absolute atomic E-state index is 13.0. The van der Waals surface area contributed by atoms with Crippen molar-refractivity contribution in [1.29, 1.82) is 0 Å². The summed E-state index contributed by atoms with van der Waals surface area (Å²) in [4.78, 5) is 25.9. The van der Waals surface area contributed by atoms with Crippen molar-refractivity contribution in [2.45, 2.75) is 78.1 Å². The monoisotopic (exact) mass is 404 g/mol. The molecular formula is C28H36O2. The van der Waals surface area contributed by atoms with Gasteiger partial charge in [-0.3, -0.25) is 9.59 Å². The first kappa shape index (κ1) is 20.2. The first-order valence-corrected chi connectivity index (χ1v) is 12.2. The van der Waals surface area contributed by atoms with Gasteiger partial charge in [0.2, 0.25) is 0 Å². The van der Waals surface area contributed by atoms with Crippen molar-refractivity contribution in [3.8, 4) is 0 Å². The first-order chi connectivity index (χ1) is 14.4. The minimum atomic E-state index is -0.0948. The topological polar surface area (TPSA) is 34.1 Å². The molecule has 0 saturated heterocycles. The van der Waals surface area contributed by atoms with Gasteiger partial charge in [0, 0.05) is 18.3 Å². The summed E-state index contributed by atoms with van der Waals surface area (Å²) in [6.45, 7) is 4.70. The highest BCUT2D eigenvalue weighted by molar-refractivity contribution is 5.98. The van der Waals surface area contributed by atoms with E-state index in [9.17, 15) is 9.59 Å². The largest absolute Gasteiger partial charge is 0.299 e. The van der Waals surface area contributed by atoms with Crippen molar-refractivity contribution in [3.05, 3.63) is 47.6 Å². The summed E-state index contributed by atoms with van der Waals surface area (Å²) in [6, 6.07) is 0. The highest BCUT2D eigenvalue weighted by Crippen LogP contribution is 2.63. The summed E-state index contributed by atoms with van der Waals surface area (Å²) in [5.74, 6) is 3.00. The molecule has 160 valence electrons. The van der Waals surface area contributed by atoms with E-state index in [4.69, 9.17) is 0 Å². The van der Waals surface area contributed by atoms with E-state index in [1.807, 2.05) is 0 Å². The van der Waals surface area contributed by atoms with Gasteiger partial charge in [0.05, 0.1) is 0 Å². The Bertz CT molecular complexity index is 871. The van der Waals surface area contributed by atoms with Crippen LogP contribution in [-0.4, -0.2) is 11.6 Å². The van der Waals surface area contributed by atoms with Gasteiger partial charge in [-0.05, 0) is 86.0 Å². The van der Waals surface area contributed by atoms with Crippen LogP contribution in [0.5, 0.6) is 0 Å². The lowest BCUT2D eigenvalue weighted by Crippen LogP contribution is -2.54. The maximum Gasteiger partial charge on any atom is 0.162 e. The molecule has 0 heterocycles. The highest BCUT2D eigenvalue weighted by Gasteiger charge is 2.57. The minimum absolute atomic E-state index is 0.0944. The Morgan fingerprint density at radius 2 is 1.87 bits per heavy atom. The summed E-state index contributed by atoms with van der Waals surface area (Å²) in [6.07, 6.45) is 23.4. The second kappa shape index (κ2) is 7.46. The van der Waals surface area contributed by atoms with E-state index in [0.717, 1.165) is 56.9 Å².